The minimum Gasteiger partial charge on any atom is -0.457 e. The second-order valence-corrected chi connectivity index (χ2v) is 10.3. The van der Waals surface area contributed by atoms with E-state index in [-0.39, 0.29) is 5.84 Å². The van der Waals surface area contributed by atoms with Crippen LogP contribution in [0.2, 0.25) is 0 Å². The highest BCUT2D eigenvalue weighted by Crippen LogP contribution is 2.30. The molecule has 7 rings (SSSR count). The van der Waals surface area contributed by atoms with Gasteiger partial charge in [0.25, 0.3) is 0 Å². The Hall–Kier alpha value is -6.35. The summed E-state index contributed by atoms with van der Waals surface area (Å²) in [6.07, 6.45) is 0. The Morgan fingerprint density at radius 1 is 0.568 bits per heavy atom. The van der Waals surface area contributed by atoms with Crippen LogP contribution < -0.4 is 20.9 Å². The second-order valence-electron chi connectivity index (χ2n) is 10.3. The highest BCUT2D eigenvalue weighted by molar-refractivity contribution is 5.98. The quantitative estimate of drug-likeness (QED) is 0.0928. The Morgan fingerprint density at radius 2 is 0.955 bits per heavy atom. The zero-order chi connectivity index (χ0) is 30.2. The number of hydrogen-bond donors (Lipinski definition) is 5. The van der Waals surface area contributed by atoms with Crippen LogP contribution in [0.15, 0.2) is 116 Å². The van der Waals surface area contributed by atoms with Gasteiger partial charge in [-0.2, -0.15) is 0 Å². The van der Waals surface area contributed by atoms with E-state index < -0.39 is 0 Å². The van der Waals surface area contributed by atoms with E-state index in [1.807, 2.05) is 103 Å². The summed E-state index contributed by atoms with van der Waals surface area (Å²) < 4.78 is 12.1. The fraction of sp³-hybridized carbons (Fsp3) is 0. The molecule has 9 nitrogen and oxygen atoms in total. The van der Waals surface area contributed by atoms with E-state index in [0.717, 1.165) is 50.4 Å². The summed E-state index contributed by atoms with van der Waals surface area (Å²) in [4.78, 5) is 16.0. The predicted octanol–water partition coefficient (Wildman–Crippen LogP) is 7.57. The molecule has 214 valence electrons. The number of rotatable bonds is 8. The summed E-state index contributed by atoms with van der Waals surface area (Å²) in [5, 5.41) is 7.64. The maximum atomic E-state index is 7.64. The molecule has 0 saturated carbocycles. The minimum absolute atomic E-state index is 0.0213. The first-order valence-corrected chi connectivity index (χ1v) is 13.8. The lowest BCUT2D eigenvalue weighted by atomic mass is 10.1. The number of nitrogens with two attached hydrogens (primary N) is 2. The first kappa shape index (κ1) is 26.5. The number of benzene rings is 5. The van der Waals surface area contributed by atoms with Crippen LogP contribution in [0.5, 0.6) is 23.0 Å². The van der Waals surface area contributed by atoms with Gasteiger partial charge in [0.15, 0.2) is 0 Å². The first-order valence-electron chi connectivity index (χ1n) is 13.8. The smallest absolute Gasteiger partial charge is 0.138 e. The third-order valence-corrected chi connectivity index (χ3v) is 7.20. The van der Waals surface area contributed by atoms with E-state index in [4.69, 9.17) is 26.4 Å². The standard InChI is InChI=1S/C35H27N7O2/c1-20(36)23-6-16-29-31(18-23)41-34(39-29)21-2-8-25(9-3-21)43-27-12-14-28(15-13-27)44-26-10-4-22(5-11-26)35-40-30-17-7-24(33(37)38)19-32(30)42-35/h2-19H,1,36H2,(H3,37,38)(H,39,41)(H,40,42). The number of nitrogen functional groups attached to an aromatic ring is 1. The molecule has 5 aromatic carbocycles. The van der Waals surface area contributed by atoms with E-state index >= 15 is 0 Å². The number of amidine groups is 1. The summed E-state index contributed by atoms with van der Waals surface area (Å²) in [6, 6.07) is 34.1. The summed E-state index contributed by atoms with van der Waals surface area (Å²) in [7, 11) is 0. The van der Waals surface area contributed by atoms with Crippen molar-refractivity contribution in [3.63, 3.8) is 0 Å². The molecule has 0 aliphatic carbocycles. The van der Waals surface area contributed by atoms with Crippen molar-refractivity contribution in [1.82, 2.24) is 19.9 Å². The van der Waals surface area contributed by atoms with Crippen LogP contribution >= 0.6 is 0 Å². The molecule has 0 saturated heterocycles. The largest absolute Gasteiger partial charge is 0.457 e. The Kier molecular flexibility index (Phi) is 6.52. The highest BCUT2D eigenvalue weighted by Gasteiger charge is 2.10. The molecule has 0 bridgehead atoms. The van der Waals surface area contributed by atoms with Crippen LogP contribution in [-0.2, 0) is 0 Å². The SMILES string of the molecule is C=C(N)c1ccc2nc(-c3ccc(Oc4ccc(Oc5ccc(-c6nc7ccc(C(=N)N)cc7[nH]6)cc5)cc4)cc3)[nH]c2c1. The molecule has 0 spiro atoms. The zero-order valence-corrected chi connectivity index (χ0v) is 23.5. The molecular weight excluding hydrogens is 550 g/mol. The van der Waals surface area contributed by atoms with Crippen LogP contribution in [0.1, 0.15) is 11.1 Å². The molecule has 0 atom stereocenters. The van der Waals surface area contributed by atoms with Gasteiger partial charge in [0.2, 0.25) is 0 Å². The summed E-state index contributed by atoms with van der Waals surface area (Å²) in [6.45, 7) is 3.80. The van der Waals surface area contributed by atoms with Crippen LogP contribution in [0.25, 0.3) is 50.5 Å². The lowest BCUT2D eigenvalue weighted by Crippen LogP contribution is -2.10. The lowest BCUT2D eigenvalue weighted by Gasteiger charge is -2.09. The van der Waals surface area contributed by atoms with Gasteiger partial charge in [0, 0.05) is 22.4 Å². The monoisotopic (exact) mass is 577 g/mol. The molecule has 44 heavy (non-hydrogen) atoms. The number of hydrogen-bond acceptors (Lipinski definition) is 6. The fourth-order valence-electron chi connectivity index (χ4n) is 4.87. The third-order valence-electron chi connectivity index (χ3n) is 7.20. The first-order chi connectivity index (χ1) is 21.4. The van der Waals surface area contributed by atoms with Crippen LogP contribution in [0, 0.1) is 5.41 Å². The normalized spacial score (nSPS) is 11.1. The summed E-state index contributed by atoms with van der Waals surface area (Å²) in [5.41, 5.74) is 18.7. The molecule has 7 aromatic rings. The number of aromatic amines is 2. The van der Waals surface area contributed by atoms with Crippen molar-refractivity contribution in [1.29, 1.82) is 5.41 Å². The van der Waals surface area contributed by atoms with Gasteiger partial charge in [-0.1, -0.05) is 12.6 Å². The van der Waals surface area contributed by atoms with Crippen LogP contribution in [-0.4, -0.2) is 25.8 Å². The molecule has 2 aromatic heterocycles. The second kappa shape index (κ2) is 10.8. The molecule has 0 aliphatic rings. The van der Waals surface area contributed by atoms with Crippen molar-refractivity contribution < 1.29 is 9.47 Å². The van der Waals surface area contributed by atoms with Gasteiger partial charge >= 0.3 is 0 Å². The van der Waals surface area contributed by atoms with Gasteiger partial charge in [-0.25, -0.2) is 9.97 Å². The molecular formula is C35H27N7O2. The number of nitrogens with one attached hydrogen (secondary N) is 3. The summed E-state index contributed by atoms with van der Waals surface area (Å²) >= 11 is 0. The van der Waals surface area contributed by atoms with Crippen molar-refractivity contribution in [2.24, 2.45) is 11.5 Å². The number of fused-ring (bicyclic) bond motifs is 2. The number of H-pyrrole nitrogens is 2. The highest BCUT2D eigenvalue weighted by atomic mass is 16.5. The Balaban J connectivity index is 0.989. The molecule has 0 fully saturated rings. The Bertz CT molecular complexity index is 2000. The Morgan fingerprint density at radius 3 is 1.36 bits per heavy atom. The van der Waals surface area contributed by atoms with Gasteiger partial charge in [-0.3, -0.25) is 5.41 Å². The third kappa shape index (κ3) is 5.33. The van der Waals surface area contributed by atoms with E-state index in [0.29, 0.717) is 34.3 Å². The minimum atomic E-state index is 0.0213. The maximum Gasteiger partial charge on any atom is 0.138 e. The number of ether oxygens (including phenoxy) is 2. The van der Waals surface area contributed by atoms with E-state index in [9.17, 15) is 0 Å². The topological polar surface area (TPSA) is 152 Å². The van der Waals surface area contributed by atoms with Crippen molar-refractivity contribution in [3.8, 4) is 45.8 Å². The Labute approximate surface area is 252 Å². The lowest BCUT2D eigenvalue weighted by molar-refractivity contribution is 0.469. The van der Waals surface area contributed by atoms with E-state index in [2.05, 4.69) is 26.5 Å². The van der Waals surface area contributed by atoms with Crippen LogP contribution in [0.3, 0.4) is 0 Å². The van der Waals surface area contributed by atoms with Gasteiger partial charge in [0.05, 0.1) is 22.1 Å². The van der Waals surface area contributed by atoms with Crippen molar-refractivity contribution in [2.45, 2.75) is 0 Å². The van der Waals surface area contributed by atoms with E-state index in [1.54, 1.807) is 6.07 Å². The van der Waals surface area contributed by atoms with Gasteiger partial charge < -0.3 is 30.9 Å². The molecule has 0 aliphatic heterocycles. The van der Waals surface area contributed by atoms with Gasteiger partial charge in [0.1, 0.15) is 40.5 Å². The van der Waals surface area contributed by atoms with E-state index in [1.165, 1.54) is 0 Å². The molecule has 0 radical (unpaired) electrons. The average Bonchev–Trinajstić information content (AvgIpc) is 3.66. The van der Waals surface area contributed by atoms with Gasteiger partial charge in [-0.15, -0.1) is 0 Å². The van der Waals surface area contributed by atoms with Crippen molar-refractivity contribution in [2.75, 3.05) is 0 Å². The van der Waals surface area contributed by atoms with Crippen LogP contribution in [0.4, 0.5) is 0 Å². The van der Waals surface area contributed by atoms with Gasteiger partial charge in [-0.05, 0) is 109 Å². The maximum absolute atomic E-state index is 7.64. The predicted molar refractivity (Wildman–Crippen MR) is 174 cm³/mol. The van der Waals surface area contributed by atoms with Crippen molar-refractivity contribution in [3.05, 3.63) is 127 Å². The molecule has 9 heteroatoms. The molecule has 0 unspecified atom stereocenters. The number of nitrogens with zero attached hydrogens (tertiary/aromatic N) is 2. The van der Waals surface area contributed by atoms with Crippen molar-refractivity contribution >= 4 is 33.6 Å². The average molecular weight is 578 g/mol. The number of aromatic nitrogens is 4. The number of imidazole rings is 2. The molecule has 7 N–H and O–H groups in total. The molecule has 2 heterocycles. The summed E-state index contributed by atoms with van der Waals surface area (Å²) in [5.74, 6) is 4.30. The molecule has 0 amide bonds. The fourth-order valence-corrected chi connectivity index (χ4v) is 4.87. The zero-order valence-electron chi connectivity index (χ0n) is 23.5.